The number of unbranched alkanes of at least 4 members (excludes halogenated alkanes) is 2. The Bertz CT molecular complexity index is 1080. The fraction of sp³-hybridized carbons (Fsp3) is 0.286. The second-order valence-electron chi connectivity index (χ2n) is 6.87. The Morgan fingerprint density at radius 1 is 1.06 bits per heavy atom. The van der Waals surface area contributed by atoms with E-state index in [4.69, 9.17) is 9.52 Å². The standard InChI is InChI=1S/C21H20F3N3O4/c22-21(23,24)14-8-9-17-16(12-14)27-19(31-17)13-5-4-6-15(11-13)26-20(30)25-10-3-1-2-7-18(28)29/h4-6,8-9,11-12H,1-3,7,10H2,(H,28,29)(H2,25,26,30). The zero-order valence-corrected chi connectivity index (χ0v) is 16.3. The van der Waals surface area contributed by atoms with E-state index >= 15 is 0 Å². The maximum Gasteiger partial charge on any atom is 0.416 e. The lowest BCUT2D eigenvalue weighted by Gasteiger charge is -2.08. The molecule has 2 amide bonds. The Kier molecular flexibility index (Phi) is 6.78. The molecule has 0 saturated heterocycles. The summed E-state index contributed by atoms with van der Waals surface area (Å²) in [6.45, 7) is 0.401. The molecule has 0 aliphatic rings. The van der Waals surface area contributed by atoms with Gasteiger partial charge in [0, 0.05) is 24.2 Å². The highest BCUT2D eigenvalue weighted by atomic mass is 19.4. The molecular formula is C21H20F3N3O4. The Morgan fingerprint density at radius 2 is 1.87 bits per heavy atom. The molecule has 164 valence electrons. The van der Waals surface area contributed by atoms with Crippen LogP contribution in [-0.2, 0) is 11.0 Å². The highest BCUT2D eigenvalue weighted by Gasteiger charge is 2.31. The van der Waals surface area contributed by atoms with E-state index in [1.165, 1.54) is 6.07 Å². The molecule has 0 fully saturated rings. The van der Waals surface area contributed by atoms with Gasteiger partial charge in [-0.2, -0.15) is 13.2 Å². The van der Waals surface area contributed by atoms with Gasteiger partial charge in [0.2, 0.25) is 5.89 Å². The van der Waals surface area contributed by atoms with Gasteiger partial charge in [0.1, 0.15) is 5.52 Å². The van der Waals surface area contributed by atoms with Crippen molar-refractivity contribution in [1.29, 1.82) is 0 Å². The van der Waals surface area contributed by atoms with Crippen molar-refractivity contribution in [2.45, 2.75) is 31.9 Å². The van der Waals surface area contributed by atoms with E-state index in [0.29, 0.717) is 37.1 Å². The average molecular weight is 435 g/mol. The second-order valence-corrected chi connectivity index (χ2v) is 6.87. The number of halogens is 3. The van der Waals surface area contributed by atoms with E-state index < -0.39 is 23.7 Å². The van der Waals surface area contributed by atoms with Gasteiger partial charge in [0.05, 0.1) is 5.56 Å². The van der Waals surface area contributed by atoms with Gasteiger partial charge in [-0.25, -0.2) is 9.78 Å². The number of hydrogen-bond acceptors (Lipinski definition) is 4. The molecule has 2 aromatic carbocycles. The summed E-state index contributed by atoms with van der Waals surface area (Å²) in [6, 6.07) is 9.23. The van der Waals surface area contributed by atoms with Gasteiger partial charge in [0.25, 0.3) is 0 Å². The van der Waals surface area contributed by atoms with Crippen molar-refractivity contribution >= 4 is 28.8 Å². The van der Waals surface area contributed by atoms with E-state index in [-0.39, 0.29) is 23.4 Å². The van der Waals surface area contributed by atoms with Crippen molar-refractivity contribution in [3.63, 3.8) is 0 Å². The predicted octanol–water partition coefficient (Wildman–Crippen LogP) is 5.28. The minimum Gasteiger partial charge on any atom is -0.481 e. The SMILES string of the molecule is O=C(O)CCCCCNC(=O)Nc1cccc(-c2nc3cc(C(F)(F)F)ccc3o2)c1. The van der Waals surface area contributed by atoms with Crippen molar-refractivity contribution in [3.05, 3.63) is 48.0 Å². The summed E-state index contributed by atoms with van der Waals surface area (Å²) in [6.07, 6.45) is -2.47. The third-order valence-corrected chi connectivity index (χ3v) is 4.44. The number of hydrogen-bond donors (Lipinski definition) is 3. The van der Waals surface area contributed by atoms with Crippen LogP contribution in [0.25, 0.3) is 22.6 Å². The minimum absolute atomic E-state index is 0.0869. The molecule has 10 heteroatoms. The lowest BCUT2D eigenvalue weighted by Crippen LogP contribution is -2.29. The number of carbonyl (C=O) groups is 2. The first-order valence-electron chi connectivity index (χ1n) is 9.57. The molecule has 0 radical (unpaired) electrons. The number of aliphatic carboxylic acids is 1. The molecule has 3 N–H and O–H groups in total. The number of aromatic nitrogens is 1. The number of amides is 2. The van der Waals surface area contributed by atoms with E-state index in [1.807, 2.05) is 0 Å². The van der Waals surface area contributed by atoms with Gasteiger partial charge in [-0.1, -0.05) is 12.5 Å². The topological polar surface area (TPSA) is 104 Å². The predicted molar refractivity (Wildman–Crippen MR) is 108 cm³/mol. The number of benzene rings is 2. The molecular weight excluding hydrogens is 415 g/mol. The maximum absolute atomic E-state index is 12.9. The van der Waals surface area contributed by atoms with Crippen LogP contribution in [0, 0.1) is 0 Å². The van der Waals surface area contributed by atoms with E-state index in [9.17, 15) is 22.8 Å². The second kappa shape index (κ2) is 9.50. The number of oxazole rings is 1. The van der Waals surface area contributed by atoms with Gasteiger partial charge in [0.15, 0.2) is 5.58 Å². The normalized spacial score (nSPS) is 11.5. The first-order valence-corrected chi connectivity index (χ1v) is 9.57. The number of carbonyl (C=O) groups excluding carboxylic acids is 1. The molecule has 0 atom stereocenters. The molecule has 0 unspecified atom stereocenters. The van der Waals surface area contributed by atoms with Crippen LogP contribution in [0.2, 0.25) is 0 Å². The highest BCUT2D eigenvalue weighted by molar-refractivity contribution is 5.90. The number of anilines is 1. The number of rotatable bonds is 8. The first kappa shape index (κ1) is 22.1. The van der Waals surface area contributed by atoms with Crippen LogP contribution >= 0.6 is 0 Å². The fourth-order valence-electron chi connectivity index (χ4n) is 2.91. The number of nitrogens with zero attached hydrogens (tertiary/aromatic N) is 1. The number of alkyl halides is 3. The minimum atomic E-state index is -4.47. The van der Waals surface area contributed by atoms with E-state index in [0.717, 1.165) is 12.1 Å². The summed E-state index contributed by atoms with van der Waals surface area (Å²) in [5, 5.41) is 13.9. The van der Waals surface area contributed by atoms with Crippen LogP contribution in [0.3, 0.4) is 0 Å². The Balaban J connectivity index is 1.61. The van der Waals surface area contributed by atoms with Crippen LogP contribution in [0.5, 0.6) is 0 Å². The van der Waals surface area contributed by atoms with Gasteiger partial charge in [-0.05, 0) is 49.2 Å². The summed E-state index contributed by atoms with van der Waals surface area (Å²) in [4.78, 5) is 26.6. The largest absolute Gasteiger partial charge is 0.481 e. The molecule has 1 aromatic heterocycles. The third kappa shape index (κ3) is 6.21. The zero-order valence-electron chi connectivity index (χ0n) is 16.3. The summed E-state index contributed by atoms with van der Waals surface area (Å²) >= 11 is 0. The van der Waals surface area contributed by atoms with Gasteiger partial charge in [-0.15, -0.1) is 0 Å². The first-order chi connectivity index (χ1) is 14.7. The van der Waals surface area contributed by atoms with Gasteiger partial charge < -0.3 is 20.2 Å². The van der Waals surface area contributed by atoms with Crippen LogP contribution in [0.1, 0.15) is 31.2 Å². The molecule has 0 bridgehead atoms. The number of nitrogens with one attached hydrogen (secondary N) is 2. The summed E-state index contributed by atoms with van der Waals surface area (Å²) in [7, 11) is 0. The summed E-state index contributed by atoms with van der Waals surface area (Å²) < 4.78 is 44.2. The molecule has 0 saturated carbocycles. The van der Waals surface area contributed by atoms with E-state index in [1.54, 1.807) is 24.3 Å². The van der Waals surface area contributed by atoms with Crippen LogP contribution < -0.4 is 10.6 Å². The smallest absolute Gasteiger partial charge is 0.416 e. The molecule has 31 heavy (non-hydrogen) atoms. The highest BCUT2D eigenvalue weighted by Crippen LogP contribution is 2.33. The van der Waals surface area contributed by atoms with Crippen LogP contribution in [0.4, 0.5) is 23.7 Å². The Labute approximate surface area is 175 Å². The zero-order chi connectivity index (χ0) is 22.4. The summed E-state index contributed by atoms with van der Waals surface area (Å²) in [5.74, 6) is -0.706. The Hall–Kier alpha value is -3.56. The van der Waals surface area contributed by atoms with Crippen LogP contribution in [0.15, 0.2) is 46.9 Å². The average Bonchev–Trinajstić information content (AvgIpc) is 3.13. The van der Waals surface area contributed by atoms with Gasteiger partial charge in [-0.3, -0.25) is 4.79 Å². The summed E-state index contributed by atoms with van der Waals surface area (Å²) in [5.41, 5.74) is 0.455. The van der Waals surface area contributed by atoms with Crippen molar-refractivity contribution in [2.24, 2.45) is 0 Å². The number of carboxylic acids is 1. The fourth-order valence-corrected chi connectivity index (χ4v) is 2.91. The molecule has 3 rings (SSSR count). The van der Waals surface area contributed by atoms with Gasteiger partial charge >= 0.3 is 18.2 Å². The van der Waals surface area contributed by atoms with Crippen molar-refractivity contribution < 1.29 is 32.3 Å². The quantitative estimate of drug-likeness (QED) is 0.418. The Morgan fingerprint density at radius 3 is 2.61 bits per heavy atom. The molecule has 1 heterocycles. The lowest BCUT2D eigenvalue weighted by atomic mass is 10.2. The van der Waals surface area contributed by atoms with Crippen molar-refractivity contribution in [2.75, 3.05) is 11.9 Å². The van der Waals surface area contributed by atoms with Crippen LogP contribution in [-0.4, -0.2) is 28.6 Å². The number of fused-ring (bicyclic) bond motifs is 1. The maximum atomic E-state index is 12.9. The van der Waals surface area contributed by atoms with Crippen molar-refractivity contribution in [3.8, 4) is 11.5 Å². The molecule has 0 spiro atoms. The molecule has 7 nitrogen and oxygen atoms in total. The third-order valence-electron chi connectivity index (χ3n) is 4.44. The number of carboxylic acid groups (broad SMARTS) is 1. The monoisotopic (exact) mass is 435 g/mol. The van der Waals surface area contributed by atoms with E-state index in [2.05, 4.69) is 15.6 Å². The molecule has 0 aliphatic carbocycles. The lowest BCUT2D eigenvalue weighted by molar-refractivity contribution is -0.138. The molecule has 3 aromatic rings. The molecule has 0 aliphatic heterocycles. The van der Waals surface area contributed by atoms with Crippen molar-refractivity contribution in [1.82, 2.24) is 10.3 Å². The number of urea groups is 1.